The number of amides is 1. The maximum atomic E-state index is 11.7. The number of nitrogens with zero attached hydrogens (tertiary/aromatic N) is 1. The molecule has 0 fully saturated rings. The minimum absolute atomic E-state index is 0.0322. The van der Waals surface area contributed by atoms with E-state index >= 15 is 0 Å². The van der Waals surface area contributed by atoms with E-state index in [2.05, 4.69) is 10.3 Å². The second-order valence-corrected chi connectivity index (χ2v) is 5.32. The first-order valence-corrected chi connectivity index (χ1v) is 6.98. The zero-order valence-corrected chi connectivity index (χ0v) is 12.7. The van der Waals surface area contributed by atoms with Crippen molar-refractivity contribution >= 4 is 29.2 Å². The van der Waals surface area contributed by atoms with Gasteiger partial charge in [-0.2, -0.15) is 0 Å². The summed E-state index contributed by atoms with van der Waals surface area (Å²) in [4.78, 5) is 14.8. The van der Waals surface area contributed by atoms with Crippen LogP contribution in [0.5, 0.6) is 5.75 Å². The Morgan fingerprint density at radius 3 is 2.90 bits per heavy atom. The molecule has 1 aromatic heterocycles. The fourth-order valence-corrected chi connectivity index (χ4v) is 2.40. The highest BCUT2D eigenvalue weighted by Crippen LogP contribution is 2.20. The Morgan fingerprint density at radius 1 is 1.50 bits per heavy atom. The first-order chi connectivity index (χ1) is 9.51. The number of ether oxygens (including phenoxy) is 1. The summed E-state index contributed by atoms with van der Waals surface area (Å²) < 4.78 is 7.74. The highest BCUT2D eigenvalue weighted by Gasteiger charge is 2.08. The number of fused-ring (bicyclic) bond motifs is 1. The summed E-state index contributed by atoms with van der Waals surface area (Å²) in [6, 6.07) is 5.88. The van der Waals surface area contributed by atoms with Gasteiger partial charge in [0.15, 0.2) is 4.77 Å². The molecule has 0 aliphatic carbocycles. The Morgan fingerprint density at radius 2 is 2.25 bits per heavy atom. The number of carbonyl (C=O) groups is 1. The lowest BCUT2D eigenvalue weighted by Gasteiger charge is -2.09. The second-order valence-electron chi connectivity index (χ2n) is 4.94. The number of hydrogen-bond donors (Lipinski definition) is 2. The summed E-state index contributed by atoms with van der Waals surface area (Å²) in [5, 5.41) is 2.87. The number of nitrogens with one attached hydrogen (secondary N) is 2. The molecule has 0 radical (unpaired) electrons. The smallest absolute Gasteiger partial charge is 0.221 e. The van der Waals surface area contributed by atoms with Gasteiger partial charge < -0.3 is 19.6 Å². The number of methoxy groups -OCH3 is 1. The van der Waals surface area contributed by atoms with Crippen LogP contribution in [0.4, 0.5) is 0 Å². The Hall–Kier alpha value is -1.82. The van der Waals surface area contributed by atoms with E-state index in [0.29, 0.717) is 17.7 Å². The molecule has 5 nitrogen and oxygen atoms in total. The number of carbonyl (C=O) groups excluding carboxylic acids is 1. The molecular formula is C14H19N3O2S. The molecule has 0 saturated heterocycles. The maximum Gasteiger partial charge on any atom is 0.221 e. The molecule has 2 N–H and O–H groups in total. The number of H-pyrrole nitrogens is 1. The highest BCUT2D eigenvalue weighted by molar-refractivity contribution is 7.71. The Kier molecular flexibility index (Phi) is 4.44. The maximum absolute atomic E-state index is 11.7. The molecule has 0 aliphatic heterocycles. The first kappa shape index (κ1) is 14.6. The molecule has 2 aromatic rings. The second kappa shape index (κ2) is 6.09. The van der Waals surface area contributed by atoms with Gasteiger partial charge in [0.1, 0.15) is 5.75 Å². The van der Waals surface area contributed by atoms with Crippen molar-refractivity contribution in [3.8, 4) is 5.75 Å². The molecule has 6 heteroatoms. The molecule has 0 saturated carbocycles. The van der Waals surface area contributed by atoms with E-state index in [9.17, 15) is 4.79 Å². The van der Waals surface area contributed by atoms with Crippen LogP contribution in [0, 0.1) is 4.77 Å². The number of imidazole rings is 1. The van der Waals surface area contributed by atoms with Crippen molar-refractivity contribution in [3.05, 3.63) is 23.0 Å². The molecule has 0 unspecified atom stereocenters. The third kappa shape index (κ3) is 3.19. The quantitative estimate of drug-likeness (QED) is 0.833. The van der Waals surface area contributed by atoms with Crippen LogP contribution in [0.25, 0.3) is 11.0 Å². The van der Waals surface area contributed by atoms with E-state index in [4.69, 9.17) is 17.0 Å². The largest absolute Gasteiger partial charge is 0.497 e. The van der Waals surface area contributed by atoms with Crippen molar-refractivity contribution in [2.24, 2.45) is 0 Å². The van der Waals surface area contributed by atoms with E-state index in [1.165, 1.54) is 0 Å². The molecule has 0 bridgehead atoms. The fourth-order valence-electron chi connectivity index (χ4n) is 2.10. The topological polar surface area (TPSA) is 59.0 Å². The summed E-state index contributed by atoms with van der Waals surface area (Å²) in [7, 11) is 1.63. The van der Waals surface area contributed by atoms with Gasteiger partial charge >= 0.3 is 0 Å². The van der Waals surface area contributed by atoms with Crippen molar-refractivity contribution < 1.29 is 9.53 Å². The van der Waals surface area contributed by atoms with Crippen molar-refractivity contribution in [1.82, 2.24) is 14.9 Å². The average Bonchev–Trinajstić information content (AvgIpc) is 2.70. The van der Waals surface area contributed by atoms with Gasteiger partial charge in [0.25, 0.3) is 0 Å². The predicted molar refractivity (Wildman–Crippen MR) is 81.6 cm³/mol. The Bertz CT molecular complexity index is 673. The number of rotatable bonds is 5. The molecule has 2 rings (SSSR count). The summed E-state index contributed by atoms with van der Waals surface area (Å²) in [5.41, 5.74) is 1.90. The molecule has 0 atom stereocenters. The average molecular weight is 293 g/mol. The Labute approximate surface area is 122 Å². The molecular weight excluding hydrogens is 274 g/mol. The number of benzene rings is 1. The van der Waals surface area contributed by atoms with E-state index < -0.39 is 0 Å². The molecule has 1 aromatic carbocycles. The van der Waals surface area contributed by atoms with Gasteiger partial charge in [-0.05, 0) is 38.2 Å². The predicted octanol–water partition coefficient (Wildman–Crippen LogP) is 2.62. The van der Waals surface area contributed by atoms with E-state index in [0.717, 1.165) is 16.8 Å². The lowest BCUT2D eigenvalue weighted by Crippen LogP contribution is -2.30. The van der Waals surface area contributed by atoms with Gasteiger partial charge in [-0.15, -0.1) is 0 Å². The molecule has 1 amide bonds. The summed E-state index contributed by atoms with van der Waals surface area (Å²) in [6.07, 6.45) is 0.408. The first-order valence-electron chi connectivity index (χ1n) is 6.57. The zero-order chi connectivity index (χ0) is 14.7. The van der Waals surface area contributed by atoms with Crippen molar-refractivity contribution in [2.45, 2.75) is 32.9 Å². The van der Waals surface area contributed by atoms with Gasteiger partial charge in [0, 0.05) is 25.1 Å². The van der Waals surface area contributed by atoms with Crippen LogP contribution in [0.1, 0.15) is 20.3 Å². The van der Waals surface area contributed by atoms with Crippen molar-refractivity contribution in [2.75, 3.05) is 7.11 Å². The highest BCUT2D eigenvalue weighted by atomic mass is 32.1. The monoisotopic (exact) mass is 293 g/mol. The summed E-state index contributed by atoms with van der Waals surface area (Å²) >= 11 is 5.31. The van der Waals surface area contributed by atoms with Crippen LogP contribution >= 0.6 is 12.2 Å². The van der Waals surface area contributed by atoms with Crippen LogP contribution in [-0.4, -0.2) is 28.6 Å². The van der Waals surface area contributed by atoms with Crippen LogP contribution in [0.2, 0.25) is 0 Å². The zero-order valence-electron chi connectivity index (χ0n) is 11.9. The van der Waals surface area contributed by atoms with Crippen LogP contribution in [-0.2, 0) is 11.3 Å². The normalized spacial score (nSPS) is 11.0. The molecule has 0 spiro atoms. The lowest BCUT2D eigenvalue weighted by molar-refractivity contribution is -0.121. The van der Waals surface area contributed by atoms with E-state index in [1.807, 2.05) is 36.6 Å². The van der Waals surface area contributed by atoms with Gasteiger partial charge in [-0.1, -0.05) is 0 Å². The third-order valence-corrected chi connectivity index (χ3v) is 3.32. The molecule has 108 valence electrons. The number of aryl methyl sites for hydroxylation is 1. The number of aromatic amines is 1. The Balaban J connectivity index is 2.20. The summed E-state index contributed by atoms with van der Waals surface area (Å²) in [6.45, 7) is 4.45. The number of hydrogen-bond acceptors (Lipinski definition) is 3. The van der Waals surface area contributed by atoms with Gasteiger partial charge in [-0.25, -0.2) is 0 Å². The van der Waals surface area contributed by atoms with Crippen LogP contribution in [0.15, 0.2) is 18.2 Å². The minimum atomic E-state index is 0.0322. The third-order valence-electron chi connectivity index (χ3n) is 2.99. The van der Waals surface area contributed by atoms with Crippen LogP contribution < -0.4 is 10.1 Å². The fraction of sp³-hybridized carbons (Fsp3) is 0.429. The SMILES string of the molecule is COc1ccc2c(c1)[nH]c(=S)n2CCC(=O)NC(C)C. The van der Waals surface area contributed by atoms with Gasteiger partial charge in [-0.3, -0.25) is 4.79 Å². The number of aromatic nitrogens is 2. The van der Waals surface area contributed by atoms with E-state index in [1.54, 1.807) is 7.11 Å². The van der Waals surface area contributed by atoms with Crippen molar-refractivity contribution in [1.29, 1.82) is 0 Å². The van der Waals surface area contributed by atoms with Crippen LogP contribution in [0.3, 0.4) is 0 Å². The molecule has 1 heterocycles. The lowest BCUT2D eigenvalue weighted by atomic mass is 10.3. The summed E-state index contributed by atoms with van der Waals surface area (Å²) in [5.74, 6) is 0.809. The molecule has 20 heavy (non-hydrogen) atoms. The molecule has 0 aliphatic rings. The van der Waals surface area contributed by atoms with Gasteiger partial charge in [0.05, 0.1) is 18.1 Å². The van der Waals surface area contributed by atoms with E-state index in [-0.39, 0.29) is 11.9 Å². The minimum Gasteiger partial charge on any atom is -0.497 e. The van der Waals surface area contributed by atoms with Crippen molar-refractivity contribution in [3.63, 3.8) is 0 Å². The van der Waals surface area contributed by atoms with Gasteiger partial charge in [0.2, 0.25) is 5.91 Å². The standard InChI is InChI=1S/C14H19N3O2S/c1-9(2)15-13(18)6-7-17-12-5-4-10(19-3)8-11(12)16-14(17)20/h4-5,8-9H,6-7H2,1-3H3,(H,15,18)(H,16,20).